The largest absolute Gasteiger partial charge is 0.492 e. The van der Waals surface area contributed by atoms with Crippen molar-refractivity contribution in [1.82, 2.24) is 5.16 Å². The molecule has 0 aliphatic rings. The molecule has 0 unspecified atom stereocenters. The van der Waals surface area contributed by atoms with Crippen LogP contribution in [0.25, 0.3) is 0 Å². The van der Waals surface area contributed by atoms with Crippen molar-refractivity contribution in [1.29, 1.82) is 0 Å². The number of nitrogens with zero attached hydrogens (tertiary/aromatic N) is 1. The summed E-state index contributed by atoms with van der Waals surface area (Å²) >= 11 is 11.8. The number of ether oxygens (including phenoxy) is 2. The molecular weight excluding hydrogens is 371 g/mol. The lowest BCUT2D eigenvalue weighted by atomic mass is 10.3. The van der Waals surface area contributed by atoms with Crippen molar-refractivity contribution in [2.45, 2.75) is 19.8 Å². The van der Waals surface area contributed by atoms with Crippen LogP contribution in [-0.2, 0) is 14.3 Å². The molecule has 0 saturated carbocycles. The lowest BCUT2D eigenvalue weighted by Gasteiger charge is -2.08. The van der Waals surface area contributed by atoms with Crippen LogP contribution < -0.4 is 10.1 Å². The summed E-state index contributed by atoms with van der Waals surface area (Å²) in [4.78, 5) is 23.2. The highest BCUT2D eigenvalue weighted by atomic mass is 35.5. The third-order valence-corrected chi connectivity index (χ3v) is 3.47. The number of esters is 1. The minimum atomic E-state index is -0.503. The van der Waals surface area contributed by atoms with E-state index in [1.165, 1.54) is 0 Å². The zero-order valence-electron chi connectivity index (χ0n) is 13.4. The van der Waals surface area contributed by atoms with Gasteiger partial charge in [0.2, 0.25) is 0 Å². The molecule has 0 fully saturated rings. The number of benzene rings is 1. The number of halogens is 2. The second kappa shape index (κ2) is 9.29. The Bertz CT molecular complexity index is 748. The van der Waals surface area contributed by atoms with Crippen molar-refractivity contribution in [3.63, 3.8) is 0 Å². The standard InChI is InChI=1S/C16H16Cl2N2O5/c1-10-7-14(20-25-10)19-15(21)9-24-16(22)3-2-6-23-13-5-4-11(17)8-12(13)18/h4-5,7-8H,2-3,6,9H2,1H3,(H,19,20,21). The molecule has 7 nitrogen and oxygen atoms in total. The molecule has 1 aromatic carbocycles. The normalized spacial score (nSPS) is 10.4. The lowest BCUT2D eigenvalue weighted by Crippen LogP contribution is -2.21. The van der Waals surface area contributed by atoms with Crippen LogP contribution in [0.4, 0.5) is 5.82 Å². The highest BCUT2D eigenvalue weighted by Gasteiger charge is 2.10. The van der Waals surface area contributed by atoms with Gasteiger partial charge in [-0.15, -0.1) is 0 Å². The summed E-state index contributed by atoms with van der Waals surface area (Å²) in [5.74, 6) is 0.324. The Balaban J connectivity index is 1.61. The second-order valence-electron chi connectivity index (χ2n) is 5.06. The highest BCUT2D eigenvalue weighted by Crippen LogP contribution is 2.27. The SMILES string of the molecule is Cc1cc(NC(=O)COC(=O)CCCOc2ccc(Cl)cc2Cl)no1. The van der Waals surface area contributed by atoms with Crippen molar-refractivity contribution in [3.05, 3.63) is 40.1 Å². The Kier molecular flexibility index (Phi) is 7.09. The predicted octanol–water partition coefficient (Wildman–Crippen LogP) is 3.63. The van der Waals surface area contributed by atoms with Crippen LogP contribution in [-0.4, -0.2) is 30.2 Å². The van der Waals surface area contributed by atoms with E-state index in [1.54, 1.807) is 31.2 Å². The van der Waals surface area contributed by atoms with Gasteiger partial charge in [0.1, 0.15) is 11.5 Å². The van der Waals surface area contributed by atoms with Crippen molar-refractivity contribution in [2.75, 3.05) is 18.5 Å². The zero-order valence-corrected chi connectivity index (χ0v) is 14.9. The van der Waals surface area contributed by atoms with E-state index in [0.717, 1.165) is 0 Å². The summed E-state index contributed by atoms with van der Waals surface area (Å²) in [7, 11) is 0. The summed E-state index contributed by atoms with van der Waals surface area (Å²) in [5, 5.41) is 6.96. The van der Waals surface area contributed by atoms with Gasteiger partial charge in [-0.3, -0.25) is 9.59 Å². The number of anilines is 1. The van der Waals surface area contributed by atoms with E-state index in [4.69, 9.17) is 37.2 Å². The first-order valence-electron chi connectivity index (χ1n) is 7.40. The van der Waals surface area contributed by atoms with Gasteiger partial charge in [0.05, 0.1) is 11.6 Å². The zero-order chi connectivity index (χ0) is 18.2. The molecule has 0 aliphatic heterocycles. The van der Waals surface area contributed by atoms with Crippen molar-refractivity contribution >= 4 is 40.9 Å². The van der Waals surface area contributed by atoms with Crippen LogP contribution in [0.2, 0.25) is 10.0 Å². The van der Waals surface area contributed by atoms with Gasteiger partial charge in [-0.1, -0.05) is 28.4 Å². The molecule has 9 heteroatoms. The van der Waals surface area contributed by atoms with Crippen LogP contribution in [0.15, 0.2) is 28.8 Å². The highest BCUT2D eigenvalue weighted by molar-refractivity contribution is 6.35. The van der Waals surface area contributed by atoms with Gasteiger partial charge in [0.15, 0.2) is 12.4 Å². The molecule has 0 spiro atoms. The van der Waals surface area contributed by atoms with Gasteiger partial charge in [0.25, 0.3) is 5.91 Å². The number of nitrogens with one attached hydrogen (secondary N) is 1. The van der Waals surface area contributed by atoms with E-state index in [-0.39, 0.29) is 18.8 Å². The molecule has 2 rings (SSSR count). The molecule has 1 N–H and O–H groups in total. The molecule has 134 valence electrons. The van der Waals surface area contributed by atoms with Gasteiger partial charge in [-0.25, -0.2) is 0 Å². The second-order valence-corrected chi connectivity index (χ2v) is 5.90. The van der Waals surface area contributed by atoms with Crippen LogP contribution in [0.3, 0.4) is 0 Å². The third kappa shape index (κ3) is 6.64. The molecule has 25 heavy (non-hydrogen) atoms. The number of hydrogen-bond donors (Lipinski definition) is 1. The molecule has 0 atom stereocenters. The topological polar surface area (TPSA) is 90.7 Å². The molecule has 0 bridgehead atoms. The Morgan fingerprint density at radius 3 is 2.76 bits per heavy atom. The van der Waals surface area contributed by atoms with Crippen LogP contribution in [0.5, 0.6) is 5.75 Å². The van der Waals surface area contributed by atoms with Crippen molar-refractivity contribution in [3.8, 4) is 5.75 Å². The first kappa shape index (κ1) is 19.1. The van der Waals surface area contributed by atoms with Crippen molar-refractivity contribution < 1.29 is 23.6 Å². The average Bonchev–Trinajstić information content (AvgIpc) is 2.96. The molecule has 2 aromatic rings. The maximum absolute atomic E-state index is 11.6. The molecule has 0 saturated heterocycles. The first-order chi connectivity index (χ1) is 11.9. The fourth-order valence-corrected chi connectivity index (χ4v) is 2.28. The maximum Gasteiger partial charge on any atom is 0.306 e. The Morgan fingerprint density at radius 2 is 2.08 bits per heavy atom. The first-order valence-corrected chi connectivity index (χ1v) is 8.16. The van der Waals surface area contributed by atoms with E-state index in [2.05, 4.69) is 10.5 Å². The minimum Gasteiger partial charge on any atom is -0.492 e. The fourth-order valence-electron chi connectivity index (χ4n) is 1.81. The van der Waals surface area contributed by atoms with E-state index in [1.807, 2.05) is 0 Å². The maximum atomic E-state index is 11.6. The average molecular weight is 387 g/mol. The smallest absolute Gasteiger partial charge is 0.306 e. The van der Waals surface area contributed by atoms with E-state index >= 15 is 0 Å². The Hall–Kier alpha value is -2.25. The monoisotopic (exact) mass is 386 g/mol. The number of carbonyl (C=O) groups is 2. The van der Waals surface area contributed by atoms with Crippen LogP contribution >= 0.6 is 23.2 Å². The van der Waals surface area contributed by atoms with Gasteiger partial charge in [-0.2, -0.15) is 0 Å². The minimum absolute atomic E-state index is 0.113. The predicted molar refractivity (Wildman–Crippen MR) is 92.0 cm³/mol. The van der Waals surface area contributed by atoms with Gasteiger partial charge >= 0.3 is 5.97 Å². The number of amides is 1. The summed E-state index contributed by atoms with van der Waals surface area (Å²) in [6.45, 7) is 1.58. The number of rotatable bonds is 8. The van der Waals surface area contributed by atoms with Crippen molar-refractivity contribution in [2.24, 2.45) is 0 Å². The number of hydrogen-bond acceptors (Lipinski definition) is 6. The third-order valence-electron chi connectivity index (χ3n) is 2.94. The van der Waals surface area contributed by atoms with Gasteiger partial charge in [-0.05, 0) is 31.5 Å². The Morgan fingerprint density at radius 1 is 1.28 bits per heavy atom. The number of carbonyl (C=O) groups excluding carboxylic acids is 2. The lowest BCUT2D eigenvalue weighted by molar-refractivity contribution is -0.147. The van der Waals surface area contributed by atoms with E-state index < -0.39 is 18.5 Å². The van der Waals surface area contributed by atoms with E-state index in [0.29, 0.717) is 28.0 Å². The van der Waals surface area contributed by atoms with E-state index in [9.17, 15) is 9.59 Å². The van der Waals surface area contributed by atoms with Crippen LogP contribution in [0, 0.1) is 6.92 Å². The summed E-state index contributed by atoms with van der Waals surface area (Å²) in [5.41, 5.74) is 0. The molecule has 0 aliphatic carbocycles. The molecular formula is C16H16Cl2N2O5. The number of aryl methyl sites for hydroxylation is 1. The molecule has 1 heterocycles. The van der Waals surface area contributed by atoms with Crippen LogP contribution in [0.1, 0.15) is 18.6 Å². The van der Waals surface area contributed by atoms with Gasteiger partial charge < -0.3 is 19.3 Å². The Labute approximate surface area is 154 Å². The number of aromatic nitrogens is 1. The molecule has 1 aromatic heterocycles. The summed E-state index contributed by atoms with van der Waals surface area (Å²) in [6, 6.07) is 6.44. The van der Waals surface area contributed by atoms with Gasteiger partial charge in [0, 0.05) is 17.5 Å². The summed E-state index contributed by atoms with van der Waals surface area (Å²) < 4.78 is 15.1. The fraction of sp³-hybridized carbons (Fsp3) is 0.312. The summed E-state index contributed by atoms with van der Waals surface area (Å²) in [6.07, 6.45) is 0.531. The molecule has 0 radical (unpaired) electrons. The molecule has 1 amide bonds. The quantitative estimate of drug-likeness (QED) is 0.550.